The first-order valence-electron chi connectivity index (χ1n) is 7.01. The van der Waals surface area contributed by atoms with E-state index in [1.165, 1.54) is 19.3 Å². The number of hydrogen-bond acceptors (Lipinski definition) is 3. The van der Waals surface area contributed by atoms with Gasteiger partial charge in [0.25, 0.3) is 0 Å². The van der Waals surface area contributed by atoms with Crippen LogP contribution in [0.25, 0.3) is 0 Å². The van der Waals surface area contributed by atoms with Gasteiger partial charge in [0, 0.05) is 0 Å². The van der Waals surface area contributed by atoms with Gasteiger partial charge in [-0.2, -0.15) is 0 Å². The van der Waals surface area contributed by atoms with E-state index in [-0.39, 0.29) is 5.91 Å². The molecule has 1 aliphatic rings. The molecule has 19 heavy (non-hydrogen) atoms. The lowest BCUT2D eigenvalue weighted by molar-refractivity contribution is -0.117. The van der Waals surface area contributed by atoms with Crippen LogP contribution in [-0.2, 0) is 9.53 Å². The van der Waals surface area contributed by atoms with E-state index in [4.69, 9.17) is 10.5 Å². The number of carbonyl (C=O) groups is 1. The first kappa shape index (κ1) is 13.9. The summed E-state index contributed by atoms with van der Waals surface area (Å²) in [6.45, 7) is 0.489. The van der Waals surface area contributed by atoms with Gasteiger partial charge in [0.2, 0.25) is 5.91 Å². The molecule has 4 heteroatoms. The van der Waals surface area contributed by atoms with Crippen molar-refractivity contribution in [2.75, 3.05) is 17.7 Å². The Labute approximate surface area is 114 Å². The second-order valence-electron chi connectivity index (χ2n) is 5.02. The van der Waals surface area contributed by atoms with E-state index in [1.807, 2.05) is 12.1 Å². The largest absolute Gasteiger partial charge is 0.397 e. The van der Waals surface area contributed by atoms with Gasteiger partial charge in [0.15, 0.2) is 0 Å². The molecule has 1 aromatic rings. The predicted molar refractivity (Wildman–Crippen MR) is 76.9 cm³/mol. The Balaban J connectivity index is 1.68. The van der Waals surface area contributed by atoms with Crippen molar-refractivity contribution in [3.8, 4) is 0 Å². The van der Waals surface area contributed by atoms with Crippen LogP contribution in [0.3, 0.4) is 0 Å². The molecule has 1 saturated carbocycles. The second kappa shape index (κ2) is 7.14. The van der Waals surface area contributed by atoms with Crippen molar-refractivity contribution < 1.29 is 9.53 Å². The Morgan fingerprint density at radius 2 is 2.00 bits per heavy atom. The molecule has 0 atom stereocenters. The predicted octanol–water partition coefficient (Wildman–Crippen LogP) is 2.95. The lowest BCUT2D eigenvalue weighted by atomic mass is 9.98. The highest BCUT2D eigenvalue weighted by Gasteiger charge is 2.14. The highest BCUT2D eigenvalue weighted by atomic mass is 16.5. The lowest BCUT2D eigenvalue weighted by Crippen LogP contribution is -2.20. The molecule has 2 rings (SSSR count). The molecule has 0 radical (unpaired) electrons. The third-order valence-electron chi connectivity index (χ3n) is 3.47. The monoisotopic (exact) mass is 262 g/mol. The van der Waals surface area contributed by atoms with Crippen LogP contribution in [0.1, 0.15) is 38.5 Å². The molecule has 0 aliphatic heterocycles. The minimum Gasteiger partial charge on any atom is -0.397 e. The van der Waals surface area contributed by atoms with E-state index >= 15 is 0 Å². The summed E-state index contributed by atoms with van der Waals surface area (Å²) in [5.74, 6) is -0.0475. The Morgan fingerprint density at radius 3 is 2.74 bits per heavy atom. The molecule has 1 aromatic carbocycles. The van der Waals surface area contributed by atoms with Gasteiger partial charge >= 0.3 is 0 Å². The highest BCUT2D eigenvalue weighted by molar-refractivity contribution is 5.93. The molecule has 3 N–H and O–H groups in total. The third kappa shape index (κ3) is 4.56. The fraction of sp³-hybridized carbons (Fsp3) is 0.533. The maximum atomic E-state index is 11.8. The van der Waals surface area contributed by atoms with Crippen molar-refractivity contribution >= 4 is 17.3 Å². The average Bonchev–Trinajstić information content (AvgIpc) is 2.43. The van der Waals surface area contributed by atoms with Crippen LogP contribution in [0.4, 0.5) is 11.4 Å². The number of nitrogen functional groups attached to an aromatic ring is 1. The van der Waals surface area contributed by atoms with Gasteiger partial charge < -0.3 is 15.8 Å². The number of para-hydroxylation sites is 2. The summed E-state index contributed by atoms with van der Waals surface area (Å²) in [4.78, 5) is 11.8. The maximum absolute atomic E-state index is 11.8. The van der Waals surface area contributed by atoms with Gasteiger partial charge in [-0.15, -0.1) is 0 Å². The number of ether oxygens (including phenoxy) is 1. The SMILES string of the molecule is Nc1ccccc1NC(=O)CCOC1CCCCC1. The van der Waals surface area contributed by atoms with Crippen molar-refractivity contribution in [2.24, 2.45) is 0 Å². The van der Waals surface area contributed by atoms with Crippen LogP contribution >= 0.6 is 0 Å². The van der Waals surface area contributed by atoms with Crippen LogP contribution in [0, 0.1) is 0 Å². The van der Waals surface area contributed by atoms with E-state index in [1.54, 1.807) is 12.1 Å². The Bertz CT molecular complexity index is 414. The zero-order chi connectivity index (χ0) is 13.5. The normalized spacial score (nSPS) is 16.2. The van der Waals surface area contributed by atoms with Crippen molar-refractivity contribution in [3.63, 3.8) is 0 Å². The molecule has 1 aliphatic carbocycles. The zero-order valence-electron chi connectivity index (χ0n) is 11.2. The minimum atomic E-state index is -0.0475. The Kier molecular flexibility index (Phi) is 5.21. The van der Waals surface area contributed by atoms with Crippen LogP contribution < -0.4 is 11.1 Å². The molecular weight excluding hydrogens is 240 g/mol. The summed E-state index contributed by atoms with van der Waals surface area (Å²) in [6.07, 6.45) is 6.80. The Hall–Kier alpha value is -1.55. The topological polar surface area (TPSA) is 64.3 Å². The van der Waals surface area contributed by atoms with Gasteiger partial charge in [-0.25, -0.2) is 0 Å². The van der Waals surface area contributed by atoms with Crippen molar-refractivity contribution in [1.29, 1.82) is 0 Å². The average molecular weight is 262 g/mol. The molecule has 0 unspecified atom stereocenters. The van der Waals surface area contributed by atoms with E-state index in [0.717, 1.165) is 12.8 Å². The molecule has 0 spiro atoms. The van der Waals surface area contributed by atoms with Crippen LogP contribution in [0.15, 0.2) is 24.3 Å². The number of anilines is 2. The fourth-order valence-electron chi connectivity index (χ4n) is 2.37. The zero-order valence-corrected chi connectivity index (χ0v) is 11.2. The minimum absolute atomic E-state index is 0.0475. The first-order valence-corrected chi connectivity index (χ1v) is 7.01. The molecular formula is C15H22N2O2. The van der Waals surface area contributed by atoms with Gasteiger partial charge in [-0.05, 0) is 25.0 Å². The third-order valence-corrected chi connectivity index (χ3v) is 3.47. The van der Waals surface area contributed by atoms with E-state index in [0.29, 0.717) is 30.5 Å². The summed E-state index contributed by atoms with van der Waals surface area (Å²) >= 11 is 0. The number of nitrogens with one attached hydrogen (secondary N) is 1. The number of rotatable bonds is 5. The number of hydrogen-bond donors (Lipinski definition) is 2. The van der Waals surface area contributed by atoms with E-state index in [9.17, 15) is 4.79 Å². The summed E-state index contributed by atoms with van der Waals surface area (Å²) in [7, 11) is 0. The standard InChI is InChI=1S/C15H22N2O2/c16-13-8-4-5-9-14(13)17-15(18)10-11-19-12-6-2-1-3-7-12/h4-5,8-9,12H,1-3,6-7,10-11,16H2,(H,17,18). The molecule has 0 heterocycles. The summed E-state index contributed by atoms with van der Waals surface area (Å²) in [6, 6.07) is 7.27. The van der Waals surface area contributed by atoms with Crippen LogP contribution in [0.2, 0.25) is 0 Å². The van der Waals surface area contributed by atoms with Gasteiger partial charge in [0.05, 0.1) is 30.5 Å². The highest BCUT2D eigenvalue weighted by Crippen LogP contribution is 2.20. The van der Waals surface area contributed by atoms with E-state index < -0.39 is 0 Å². The first-order chi connectivity index (χ1) is 9.25. The molecule has 1 amide bonds. The summed E-state index contributed by atoms with van der Waals surface area (Å²) in [5, 5.41) is 2.80. The smallest absolute Gasteiger partial charge is 0.226 e. The van der Waals surface area contributed by atoms with Crippen molar-refractivity contribution in [2.45, 2.75) is 44.6 Å². The molecule has 0 bridgehead atoms. The summed E-state index contributed by atoms with van der Waals surface area (Å²) in [5.41, 5.74) is 7.03. The Morgan fingerprint density at radius 1 is 1.26 bits per heavy atom. The van der Waals surface area contributed by atoms with Crippen molar-refractivity contribution in [3.05, 3.63) is 24.3 Å². The molecule has 104 valence electrons. The van der Waals surface area contributed by atoms with E-state index in [2.05, 4.69) is 5.32 Å². The quantitative estimate of drug-likeness (QED) is 0.802. The fourth-order valence-corrected chi connectivity index (χ4v) is 2.37. The molecule has 1 fully saturated rings. The number of amides is 1. The van der Waals surface area contributed by atoms with Gasteiger partial charge in [-0.3, -0.25) is 4.79 Å². The second-order valence-corrected chi connectivity index (χ2v) is 5.02. The van der Waals surface area contributed by atoms with Crippen molar-refractivity contribution in [1.82, 2.24) is 0 Å². The van der Waals surface area contributed by atoms with Gasteiger partial charge in [0.1, 0.15) is 0 Å². The number of carbonyl (C=O) groups excluding carboxylic acids is 1. The molecule has 0 aromatic heterocycles. The number of benzene rings is 1. The molecule has 4 nitrogen and oxygen atoms in total. The number of nitrogens with two attached hydrogens (primary N) is 1. The lowest BCUT2D eigenvalue weighted by Gasteiger charge is -2.21. The maximum Gasteiger partial charge on any atom is 0.226 e. The molecule has 0 saturated heterocycles. The summed E-state index contributed by atoms with van der Waals surface area (Å²) < 4.78 is 5.73. The van der Waals surface area contributed by atoms with Gasteiger partial charge in [-0.1, -0.05) is 31.4 Å². The van der Waals surface area contributed by atoms with Crippen LogP contribution in [-0.4, -0.2) is 18.6 Å². The van der Waals surface area contributed by atoms with Crippen LogP contribution in [0.5, 0.6) is 0 Å².